The molecule has 0 aromatic heterocycles. The zero-order valence-electron chi connectivity index (χ0n) is 6.73. The van der Waals surface area contributed by atoms with E-state index in [1.807, 2.05) is 0 Å². The summed E-state index contributed by atoms with van der Waals surface area (Å²) in [6.45, 7) is 0. The molecule has 0 aliphatic carbocycles. The van der Waals surface area contributed by atoms with Crippen LogP contribution in [0.15, 0.2) is 0 Å². The van der Waals surface area contributed by atoms with E-state index in [9.17, 15) is 4.79 Å². The van der Waals surface area contributed by atoms with E-state index < -0.39 is 13.9 Å². The van der Waals surface area contributed by atoms with E-state index in [-0.39, 0.29) is 12.6 Å². The summed E-state index contributed by atoms with van der Waals surface area (Å²) in [6, 6.07) is 0. The van der Waals surface area contributed by atoms with Crippen molar-refractivity contribution in [1.29, 1.82) is 0 Å². The minimum atomic E-state index is -3.88. The van der Waals surface area contributed by atoms with Crippen LogP contribution >= 0.6 is 7.94 Å². The van der Waals surface area contributed by atoms with Crippen LogP contribution in [0, 0.1) is 0 Å². The van der Waals surface area contributed by atoms with Crippen molar-refractivity contribution in [1.82, 2.24) is 0 Å². The zero-order valence-corrected chi connectivity index (χ0v) is 7.73. The van der Waals surface area contributed by atoms with Crippen molar-refractivity contribution in [2.45, 2.75) is 25.7 Å². The first-order valence-corrected chi connectivity index (χ1v) is 5.85. The van der Waals surface area contributed by atoms with Gasteiger partial charge in [0.05, 0.1) is 0 Å². The third-order valence-corrected chi connectivity index (χ3v) is 2.43. The van der Waals surface area contributed by atoms with Gasteiger partial charge in [-0.15, -0.1) is 0 Å². The van der Waals surface area contributed by atoms with Crippen molar-refractivity contribution in [2.24, 2.45) is 0 Å². The molecule has 0 aliphatic heterocycles. The fraction of sp³-hybridized carbons (Fsp3) is 0.833. The monoisotopic (exact) mass is 198 g/mol. The Balaban J connectivity index is 3.17. The van der Waals surface area contributed by atoms with Gasteiger partial charge in [-0.05, 0) is 0 Å². The number of hydrogen-bond acceptors (Lipinski definition) is 4. The van der Waals surface area contributed by atoms with Gasteiger partial charge in [0.15, 0.2) is 0 Å². The average Bonchev–Trinajstić information content (AvgIpc) is 1.83. The summed E-state index contributed by atoms with van der Waals surface area (Å²) in [5.41, 5.74) is 0. The predicted octanol–water partition coefficient (Wildman–Crippen LogP) is 0.103. The number of carboxylic acid groups (broad SMARTS) is 1. The molecule has 0 unspecified atom stereocenters. The number of carbonyl (C=O) groups is 1. The summed E-state index contributed by atoms with van der Waals surface area (Å²) in [5, 5.41) is 8.23. The zero-order chi connectivity index (χ0) is 9.61. The van der Waals surface area contributed by atoms with Crippen LogP contribution in [0.5, 0.6) is 0 Å². The Morgan fingerprint density at radius 1 is 1.08 bits per heavy atom. The van der Waals surface area contributed by atoms with Crippen LogP contribution in [-0.4, -0.2) is 31.9 Å². The van der Waals surface area contributed by atoms with E-state index in [1.165, 1.54) is 0 Å². The summed E-state index contributed by atoms with van der Waals surface area (Å²) < 4.78 is 0. The maximum absolute atomic E-state index is 10.0. The van der Waals surface area contributed by atoms with Crippen molar-refractivity contribution in [3.05, 3.63) is 0 Å². The molecule has 5 nitrogen and oxygen atoms in total. The van der Waals surface area contributed by atoms with E-state index in [4.69, 9.17) is 19.8 Å². The second-order valence-electron chi connectivity index (χ2n) is 2.73. The Morgan fingerprint density at radius 3 is 2.08 bits per heavy atom. The van der Waals surface area contributed by atoms with Crippen LogP contribution in [0.3, 0.4) is 0 Å². The van der Waals surface area contributed by atoms with Gasteiger partial charge in [-0.3, -0.25) is 0 Å². The Morgan fingerprint density at radius 2 is 1.67 bits per heavy atom. The topological polar surface area (TPSA) is 98.0 Å². The number of aliphatic carboxylic acids is 1. The number of unbranched alkanes of at least 4 members (excludes halogenated alkanes) is 2. The van der Waals surface area contributed by atoms with Crippen molar-refractivity contribution < 1.29 is 24.6 Å². The molecule has 6 heteroatoms. The Bertz CT molecular complexity index is 141. The van der Waals surface area contributed by atoms with Crippen molar-refractivity contribution in [2.75, 3.05) is 6.16 Å². The Hall–Kier alpha value is -0.220. The number of carboxylic acids is 1. The third kappa shape index (κ3) is 9.78. The van der Waals surface area contributed by atoms with Gasteiger partial charge in [-0.25, -0.2) is 0 Å². The third-order valence-electron chi connectivity index (χ3n) is 1.40. The van der Waals surface area contributed by atoms with Crippen molar-refractivity contribution in [3.63, 3.8) is 0 Å². The van der Waals surface area contributed by atoms with Gasteiger partial charge in [0.25, 0.3) is 0 Å². The van der Waals surface area contributed by atoms with Crippen LogP contribution in [0.25, 0.3) is 0 Å². The first-order valence-electron chi connectivity index (χ1n) is 3.81. The molecule has 0 atom stereocenters. The molecule has 0 aliphatic rings. The molecule has 0 aromatic carbocycles. The molecule has 0 fully saturated rings. The summed E-state index contributed by atoms with van der Waals surface area (Å²) in [5.74, 6) is -0.851. The van der Waals surface area contributed by atoms with E-state index in [1.54, 1.807) is 0 Å². The maximum atomic E-state index is 10.0. The molecule has 0 heterocycles. The molecule has 0 saturated heterocycles. The van der Waals surface area contributed by atoms with Gasteiger partial charge < -0.3 is 0 Å². The second-order valence-corrected chi connectivity index (χ2v) is 4.78. The Labute approximate surface area is 71.2 Å². The molecule has 0 spiro atoms. The first kappa shape index (κ1) is 11.8. The molecule has 12 heavy (non-hydrogen) atoms. The summed E-state index contributed by atoms with van der Waals surface area (Å²) >= 11 is 0. The van der Waals surface area contributed by atoms with Gasteiger partial charge in [0.1, 0.15) is 0 Å². The van der Waals surface area contributed by atoms with E-state index in [0.717, 1.165) is 0 Å². The minimum absolute atomic E-state index is 0.00732. The summed E-state index contributed by atoms with van der Waals surface area (Å²) in [4.78, 5) is 35.7. The fourth-order valence-electron chi connectivity index (χ4n) is 0.815. The van der Waals surface area contributed by atoms with Gasteiger partial charge >= 0.3 is 70.3 Å². The van der Waals surface area contributed by atoms with E-state index in [0.29, 0.717) is 19.3 Å². The molecule has 74 valence electrons. The molecule has 0 radical (unpaired) electrons. The molecule has 4 N–H and O–H groups in total. The molecular weight excluding hydrogens is 183 g/mol. The van der Waals surface area contributed by atoms with E-state index in [2.05, 4.69) is 0 Å². The van der Waals surface area contributed by atoms with Crippen LogP contribution in [0.1, 0.15) is 25.7 Å². The SMILES string of the molecule is O=C(O)CCCCC[PH](O)(O)O. The van der Waals surface area contributed by atoms with Gasteiger partial charge in [0, 0.05) is 0 Å². The molecular formula is C6H15O5P. The van der Waals surface area contributed by atoms with Crippen LogP contribution in [0.2, 0.25) is 0 Å². The van der Waals surface area contributed by atoms with Gasteiger partial charge in [-0.1, -0.05) is 0 Å². The predicted molar refractivity (Wildman–Crippen MR) is 45.9 cm³/mol. The molecule has 0 aromatic rings. The Kier molecular flexibility index (Phi) is 5.33. The molecule has 0 saturated carbocycles. The quantitative estimate of drug-likeness (QED) is 0.358. The number of hydrogen-bond donors (Lipinski definition) is 4. The van der Waals surface area contributed by atoms with Crippen molar-refractivity contribution >= 4 is 13.9 Å². The molecule has 0 rings (SSSR count). The van der Waals surface area contributed by atoms with Gasteiger partial charge in [-0.2, -0.15) is 0 Å². The van der Waals surface area contributed by atoms with Crippen LogP contribution in [0.4, 0.5) is 0 Å². The van der Waals surface area contributed by atoms with Crippen LogP contribution < -0.4 is 0 Å². The normalized spacial score (nSPS) is 12.9. The summed E-state index contributed by atoms with van der Waals surface area (Å²) in [6.07, 6.45) is 1.66. The number of rotatable bonds is 6. The molecule has 0 bridgehead atoms. The van der Waals surface area contributed by atoms with Gasteiger partial charge in [0.2, 0.25) is 0 Å². The average molecular weight is 198 g/mol. The first-order chi connectivity index (χ1) is 5.42. The fourth-order valence-corrected chi connectivity index (χ4v) is 1.54. The summed E-state index contributed by atoms with van der Waals surface area (Å²) in [7, 11) is -3.88. The molecule has 0 amide bonds. The second kappa shape index (κ2) is 5.43. The van der Waals surface area contributed by atoms with Crippen molar-refractivity contribution in [3.8, 4) is 0 Å². The van der Waals surface area contributed by atoms with Crippen LogP contribution in [-0.2, 0) is 4.79 Å². The van der Waals surface area contributed by atoms with E-state index >= 15 is 0 Å². The standard InChI is InChI=1S/C6H15O5P/c7-6(8)4-2-1-3-5-12(9,10)11/h9-12H,1-5H2,(H,7,8).